The van der Waals surface area contributed by atoms with E-state index >= 15 is 0 Å². The normalized spacial score (nSPS) is 25.2. The molecular formula is C9H17NO3. The summed E-state index contributed by atoms with van der Waals surface area (Å²) < 4.78 is 4.92. The summed E-state index contributed by atoms with van der Waals surface area (Å²) >= 11 is 0. The van der Waals surface area contributed by atoms with Gasteiger partial charge in [-0.25, -0.2) is 4.79 Å². The molecule has 1 fully saturated rings. The number of aliphatic hydroxyl groups is 1. The Labute approximate surface area is 78.5 Å². The summed E-state index contributed by atoms with van der Waals surface area (Å²) in [5.41, 5.74) is 0. The molecule has 4 nitrogen and oxygen atoms in total. The van der Waals surface area contributed by atoms with Gasteiger partial charge in [-0.15, -0.1) is 0 Å². The van der Waals surface area contributed by atoms with Crippen LogP contribution >= 0.6 is 0 Å². The van der Waals surface area contributed by atoms with E-state index in [0.717, 1.165) is 0 Å². The molecule has 1 saturated heterocycles. The first kappa shape index (κ1) is 10.3. The van der Waals surface area contributed by atoms with Crippen molar-refractivity contribution in [2.45, 2.75) is 32.9 Å². The topological polar surface area (TPSA) is 49.8 Å². The summed E-state index contributed by atoms with van der Waals surface area (Å²) in [6.07, 6.45) is -0.800. The number of hydrogen-bond donors (Lipinski definition) is 1. The lowest BCUT2D eigenvalue weighted by atomic mass is 10.0. The molecule has 4 heteroatoms. The Bertz CT molecular complexity index is 191. The zero-order valence-corrected chi connectivity index (χ0v) is 8.36. The quantitative estimate of drug-likeness (QED) is 0.712. The van der Waals surface area contributed by atoms with E-state index in [0.29, 0.717) is 19.1 Å². The van der Waals surface area contributed by atoms with Gasteiger partial charge >= 0.3 is 6.09 Å². The molecule has 0 aromatic rings. The van der Waals surface area contributed by atoms with E-state index in [1.807, 2.05) is 13.8 Å². The van der Waals surface area contributed by atoms with Crippen LogP contribution in [0.5, 0.6) is 0 Å². The van der Waals surface area contributed by atoms with Gasteiger partial charge < -0.3 is 9.84 Å². The summed E-state index contributed by atoms with van der Waals surface area (Å²) in [4.78, 5) is 12.8. The number of β-amino-alcohol motifs (C(OH)–C–C–N with tert-alkyl or cyclic N) is 1. The van der Waals surface area contributed by atoms with E-state index in [1.165, 1.54) is 0 Å². The van der Waals surface area contributed by atoms with Crippen molar-refractivity contribution in [1.29, 1.82) is 0 Å². The van der Waals surface area contributed by atoms with Crippen LogP contribution in [0.25, 0.3) is 0 Å². The van der Waals surface area contributed by atoms with Crippen molar-refractivity contribution in [3.05, 3.63) is 0 Å². The minimum Gasteiger partial charge on any atom is -0.447 e. The first-order chi connectivity index (χ1) is 6.02. The van der Waals surface area contributed by atoms with Gasteiger partial charge in [0.2, 0.25) is 0 Å². The molecule has 1 N–H and O–H groups in total. The zero-order chi connectivity index (χ0) is 10.0. The lowest BCUT2D eigenvalue weighted by Gasteiger charge is -2.25. The van der Waals surface area contributed by atoms with E-state index < -0.39 is 6.10 Å². The van der Waals surface area contributed by atoms with Gasteiger partial charge in [-0.05, 0) is 12.8 Å². The zero-order valence-electron chi connectivity index (χ0n) is 8.36. The summed E-state index contributed by atoms with van der Waals surface area (Å²) in [6, 6.07) is 0.113. The van der Waals surface area contributed by atoms with Crippen molar-refractivity contribution in [2.24, 2.45) is 5.92 Å². The number of amides is 1. The summed E-state index contributed by atoms with van der Waals surface area (Å²) in [5.74, 6) is 0.366. The van der Waals surface area contributed by atoms with Crippen molar-refractivity contribution in [3.8, 4) is 0 Å². The third-order valence-corrected chi connectivity index (χ3v) is 2.24. The van der Waals surface area contributed by atoms with Crippen LogP contribution in [0, 0.1) is 5.92 Å². The average molecular weight is 187 g/mol. The minimum atomic E-state index is -0.494. The molecule has 0 bridgehead atoms. The van der Waals surface area contributed by atoms with Crippen molar-refractivity contribution in [3.63, 3.8) is 0 Å². The molecule has 0 saturated carbocycles. The van der Waals surface area contributed by atoms with Gasteiger partial charge in [0, 0.05) is 0 Å². The predicted octanol–water partition coefficient (Wildman–Crippen LogP) is 0.844. The standard InChI is InChI=1S/C9H17NO3/c1-6(2)8-5-13-9(12)10(8)4-7(3)11/h6-8,11H,4-5H2,1-3H3. The molecule has 1 aliphatic rings. The number of rotatable bonds is 3. The van der Waals surface area contributed by atoms with Crippen molar-refractivity contribution < 1.29 is 14.6 Å². The Balaban J connectivity index is 2.60. The summed E-state index contributed by atoms with van der Waals surface area (Å²) in [6.45, 7) is 6.57. The van der Waals surface area contributed by atoms with Gasteiger partial charge in [-0.1, -0.05) is 13.8 Å². The van der Waals surface area contributed by atoms with Crippen LogP contribution in [0.3, 0.4) is 0 Å². The van der Waals surface area contributed by atoms with Gasteiger partial charge in [0.25, 0.3) is 0 Å². The van der Waals surface area contributed by atoms with Crippen molar-refractivity contribution in [2.75, 3.05) is 13.2 Å². The molecule has 1 amide bonds. The number of nitrogens with zero attached hydrogens (tertiary/aromatic N) is 1. The number of aliphatic hydroxyl groups excluding tert-OH is 1. The average Bonchev–Trinajstić information content (AvgIpc) is 2.32. The molecule has 0 aliphatic carbocycles. The first-order valence-corrected chi connectivity index (χ1v) is 4.64. The van der Waals surface area contributed by atoms with Gasteiger partial charge in [0.15, 0.2) is 0 Å². The maximum Gasteiger partial charge on any atom is 0.410 e. The van der Waals surface area contributed by atoms with Crippen LogP contribution in [0.2, 0.25) is 0 Å². The molecule has 0 radical (unpaired) electrons. The molecule has 2 unspecified atom stereocenters. The number of cyclic esters (lactones) is 1. The van der Waals surface area contributed by atoms with Crippen LogP contribution in [0.1, 0.15) is 20.8 Å². The number of carbonyl (C=O) groups is 1. The fourth-order valence-electron chi connectivity index (χ4n) is 1.51. The van der Waals surface area contributed by atoms with Gasteiger partial charge in [0.05, 0.1) is 18.7 Å². The van der Waals surface area contributed by atoms with Crippen LogP contribution in [0.4, 0.5) is 4.79 Å². The molecule has 0 spiro atoms. The molecule has 1 heterocycles. The minimum absolute atomic E-state index is 0.113. The third kappa shape index (κ3) is 2.34. The van der Waals surface area contributed by atoms with Crippen molar-refractivity contribution in [1.82, 2.24) is 4.90 Å². The lowest BCUT2D eigenvalue weighted by molar-refractivity contribution is 0.113. The Morgan fingerprint density at radius 3 is 2.69 bits per heavy atom. The fraction of sp³-hybridized carbons (Fsp3) is 0.889. The summed E-state index contributed by atoms with van der Waals surface area (Å²) in [7, 11) is 0. The van der Waals surface area contributed by atoms with Gasteiger partial charge in [-0.3, -0.25) is 4.90 Å². The molecular weight excluding hydrogens is 170 g/mol. The maximum atomic E-state index is 11.2. The highest BCUT2D eigenvalue weighted by Crippen LogP contribution is 2.19. The van der Waals surface area contributed by atoms with Crippen LogP contribution in [-0.2, 0) is 4.74 Å². The predicted molar refractivity (Wildman–Crippen MR) is 48.4 cm³/mol. The molecule has 0 aromatic carbocycles. The highest BCUT2D eigenvalue weighted by Gasteiger charge is 2.35. The second kappa shape index (κ2) is 3.96. The van der Waals surface area contributed by atoms with E-state index in [9.17, 15) is 9.90 Å². The fourth-order valence-corrected chi connectivity index (χ4v) is 1.51. The second-order valence-corrected chi connectivity index (χ2v) is 3.89. The summed E-state index contributed by atoms with van der Waals surface area (Å²) in [5, 5.41) is 9.18. The number of hydrogen-bond acceptors (Lipinski definition) is 3. The van der Waals surface area contributed by atoms with Crippen LogP contribution in [-0.4, -0.2) is 41.4 Å². The molecule has 76 valence electrons. The van der Waals surface area contributed by atoms with E-state index in [1.54, 1.807) is 11.8 Å². The molecule has 0 aromatic heterocycles. The third-order valence-electron chi connectivity index (χ3n) is 2.24. The van der Waals surface area contributed by atoms with E-state index in [-0.39, 0.29) is 12.1 Å². The van der Waals surface area contributed by atoms with E-state index in [2.05, 4.69) is 0 Å². The molecule has 1 rings (SSSR count). The Morgan fingerprint density at radius 1 is 1.62 bits per heavy atom. The smallest absolute Gasteiger partial charge is 0.410 e. The second-order valence-electron chi connectivity index (χ2n) is 3.89. The van der Waals surface area contributed by atoms with Crippen LogP contribution < -0.4 is 0 Å². The molecule has 2 atom stereocenters. The Morgan fingerprint density at radius 2 is 2.23 bits per heavy atom. The highest BCUT2D eigenvalue weighted by atomic mass is 16.6. The largest absolute Gasteiger partial charge is 0.447 e. The van der Waals surface area contributed by atoms with Gasteiger partial charge in [-0.2, -0.15) is 0 Å². The monoisotopic (exact) mass is 187 g/mol. The SMILES string of the molecule is CC(O)CN1C(=O)OCC1C(C)C. The highest BCUT2D eigenvalue weighted by molar-refractivity contribution is 5.70. The number of carbonyl (C=O) groups excluding carboxylic acids is 1. The van der Waals surface area contributed by atoms with E-state index in [4.69, 9.17) is 4.74 Å². The first-order valence-electron chi connectivity index (χ1n) is 4.64. The number of ether oxygens (including phenoxy) is 1. The maximum absolute atomic E-state index is 11.2. The Hall–Kier alpha value is -0.770. The van der Waals surface area contributed by atoms with Gasteiger partial charge in [0.1, 0.15) is 6.61 Å². The van der Waals surface area contributed by atoms with Crippen molar-refractivity contribution >= 4 is 6.09 Å². The molecule has 1 aliphatic heterocycles. The Kier molecular flexibility index (Phi) is 3.14. The van der Waals surface area contributed by atoms with Crippen LogP contribution in [0.15, 0.2) is 0 Å². The lowest BCUT2D eigenvalue weighted by Crippen LogP contribution is -2.41. The molecule has 13 heavy (non-hydrogen) atoms.